The fourth-order valence-electron chi connectivity index (χ4n) is 2.80. The molecule has 146 valence electrons. The van der Waals surface area contributed by atoms with Crippen molar-refractivity contribution in [2.75, 3.05) is 11.4 Å². The van der Waals surface area contributed by atoms with Crippen LogP contribution in [0.25, 0.3) is 10.2 Å². The second kappa shape index (κ2) is 7.76. The third-order valence-electron chi connectivity index (χ3n) is 4.25. The van der Waals surface area contributed by atoms with Crippen molar-refractivity contribution in [2.45, 2.75) is 6.54 Å². The van der Waals surface area contributed by atoms with Crippen molar-refractivity contribution in [3.05, 3.63) is 82.4 Å². The molecule has 0 aliphatic heterocycles. The number of nitro groups is 1. The van der Waals surface area contributed by atoms with Crippen LogP contribution < -0.4 is 4.90 Å². The van der Waals surface area contributed by atoms with E-state index in [0.717, 1.165) is 0 Å². The quantitative estimate of drug-likeness (QED) is 0.354. The van der Waals surface area contributed by atoms with E-state index in [1.807, 2.05) is 0 Å². The number of rotatable bonds is 6. The summed E-state index contributed by atoms with van der Waals surface area (Å²) < 4.78 is 15.8. The highest BCUT2D eigenvalue weighted by Gasteiger charge is 2.22. The maximum Gasteiger partial charge on any atom is 0.269 e. The van der Waals surface area contributed by atoms with Crippen molar-refractivity contribution in [1.82, 2.24) is 14.8 Å². The van der Waals surface area contributed by atoms with E-state index >= 15 is 0 Å². The molecular weight excluding hydrogens is 397 g/mol. The van der Waals surface area contributed by atoms with Gasteiger partial charge in [0.2, 0.25) is 0 Å². The first-order valence-electron chi connectivity index (χ1n) is 8.61. The van der Waals surface area contributed by atoms with Crippen LogP contribution >= 0.6 is 11.3 Å². The van der Waals surface area contributed by atoms with Crippen LogP contribution in [0.15, 0.2) is 60.9 Å². The number of benzene rings is 2. The van der Waals surface area contributed by atoms with E-state index in [0.29, 0.717) is 27.5 Å². The number of aromatic nitrogens is 3. The monoisotopic (exact) mass is 411 g/mol. The van der Waals surface area contributed by atoms with E-state index < -0.39 is 4.92 Å². The first-order valence-corrected chi connectivity index (χ1v) is 9.43. The predicted molar refractivity (Wildman–Crippen MR) is 107 cm³/mol. The number of nitro benzene ring substituents is 1. The van der Waals surface area contributed by atoms with Gasteiger partial charge in [-0.25, -0.2) is 9.37 Å². The molecule has 0 N–H and O–H groups in total. The van der Waals surface area contributed by atoms with Gasteiger partial charge in [-0.2, -0.15) is 5.10 Å². The predicted octanol–water partition coefficient (Wildman–Crippen LogP) is 3.89. The number of thiazole rings is 1. The Labute approximate surface area is 168 Å². The molecule has 0 aliphatic carbocycles. The van der Waals surface area contributed by atoms with Gasteiger partial charge in [0, 0.05) is 36.6 Å². The normalized spacial score (nSPS) is 10.9. The van der Waals surface area contributed by atoms with Crippen molar-refractivity contribution in [1.29, 1.82) is 0 Å². The van der Waals surface area contributed by atoms with Gasteiger partial charge in [-0.05, 0) is 36.4 Å². The number of hydrogen-bond donors (Lipinski definition) is 0. The summed E-state index contributed by atoms with van der Waals surface area (Å²) in [6.07, 6.45) is 3.42. The highest BCUT2D eigenvalue weighted by Crippen LogP contribution is 2.30. The maximum absolute atomic E-state index is 13.5. The van der Waals surface area contributed by atoms with Gasteiger partial charge in [-0.3, -0.25) is 24.5 Å². The molecule has 29 heavy (non-hydrogen) atoms. The Morgan fingerprint density at radius 3 is 2.72 bits per heavy atom. The Morgan fingerprint density at radius 1 is 1.24 bits per heavy atom. The van der Waals surface area contributed by atoms with Crippen molar-refractivity contribution in [2.24, 2.45) is 0 Å². The summed E-state index contributed by atoms with van der Waals surface area (Å²) in [5.41, 5.74) is 0.786. The van der Waals surface area contributed by atoms with Crippen LogP contribution in [-0.2, 0) is 6.54 Å². The van der Waals surface area contributed by atoms with Crippen LogP contribution in [0.4, 0.5) is 15.2 Å². The van der Waals surface area contributed by atoms with E-state index in [1.165, 1.54) is 52.6 Å². The van der Waals surface area contributed by atoms with Gasteiger partial charge >= 0.3 is 0 Å². The molecule has 2 aromatic carbocycles. The largest absolute Gasteiger partial charge is 0.282 e. The minimum absolute atomic E-state index is 0.0971. The Morgan fingerprint density at radius 2 is 2.03 bits per heavy atom. The Kier molecular flexibility index (Phi) is 5.00. The number of anilines is 1. The SMILES string of the molecule is O=C(c1ccc([N+](=O)[O-])cc1)N(CCn1cccn1)c1nc2ccc(F)cc2s1. The Hall–Kier alpha value is -3.66. The van der Waals surface area contributed by atoms with Gasteiger partial charge < -0.3 is 0 Å². The van der Waals surface area contributed by atoms with Crippen LogP contribution in [0.5, 0.6) is 0 Å². The van der Waals surface area contributed by atoms with Crippen LogP contribution in [0, 0.1) is 15.9 Å². The number of carbonyl (C=O) groups is 1. The number of non-ortho nitro benzene ring substituents is 1. The summed E-state index contributed by atoms with van der Waals surface area (Å²) in [4.78, 5) is 29.4. The zero-order valence-corrected chi connectivity index (χ0v) is 15.8. The molecule has 0 aliphatic rings. The lowest BCUT2D eigenvalue weighted by atomic mass is 10.2. The van der Waals surface area contributed by atoms with Crippen LogP contribution in [0.3, 0.4) is 0 Å². The standard InChI is InChI=1S/C19H14FN5O3S/c20-14-4-7-16-17(12-14)29-19(22-16)24(11-10-23-9-1-8-21-23)18(26)13-2-5-15(6-3-13)25(27)28/h1-9,12H,10-11H2. The number of hydrogen-bond acceptors (Lipinski definition) is 6. The Balaban J connectivity index is 1.68. The molecule has 10 heteroatoms. The molecule has 0 atom stereocenters. The molecule has 0 saturated heterocycles. The van der Waals surface area contributed by atoms with E-state index in [9.17, 15) is 19.3 Å². The minimum Gasteiger partial charge on any atom is -0.282 e. The fraction of sp³-hybridized carbons (Fsp3) is 0.105. The maximum atomic E-state index is 13.5. The van der Waals surface area contributed by atoms with Crippen LogP contribution in [0.1, 0.15) is 10.4 Å². The molecule has 0 spiro atoms. The van der Waals surface area contributed by atoms with Crippen molar-refractivity contribution in [3.8, 4) is 0 Å². The van der Waals surface area contributed by atoms with Crippen molar-refractivity contribution in [3.63, 3.8) is 0 Å². The van der Waals surface area contributed by atoms with E-state index in [1.54, 1.807) is 29.2 Å². The minimum atomic E-state index is -0.522. The third kappa shape index (κ3) is 3.97. The summed E-state index contributed by atoms with van der Waals surface area (Å²) in [6, 6.07) is 11.4. The molecule has 2 heterocycles. The number of halogens is 1. The lowest BCUT2D eigenvalue weighted by Gasteiger charge is -2.20. The van der Waals surface area contributed by atoms with E-state index in [2.05, 4.69) is 10.1 Å². The summed E-state index contributed by atoms with van der Waals surface area (Å²) in [7, 11) is 0. The first kappa shape index (κ1) is 18.7. The molecule has 1 amide bonds. The highest BCUT2D eigenvalue weighted by atomic mass is 32.1. The van der Waals surface area contributed by atoms with Crippen molar-refractivity contribution >= 4 is 38.3 Å². The highest BCUT2D eigenvalue weighted by molar-refractivity contribution is 7.22. The fourth-order valence-corrected chi connectivity index (χ4v) is 3.82. The summed E-state index contributed by atoms with van der Waals surface area (Å²) in [5.74, 6) is -0.732. The van der Waals surface area contributed by atoms with Gasteiger partial charge in [0.1, 0.15) is 5.82 Å². The number of nitrogens with zero attached hydrogens (tertiary/aromatic N) is 5. The number of fused-ring (bicyclic) bond motifs is 1. The lowest BCUT2D eigenvalue weighted by Crippen LogP contribution is -2.34. The molecule has 2 aromatic heterocycles. The van der Waals surface area contributed by atoms with E-state index in [4.69, 9.17) is 0 Å². The average Bonchev–Trinajstić information content (AvgIpc) is 3.37. The van der Waals surface area contributed by atoms with Gasteiger partial charge in [0.15, 0.2) is 5.13 Å². The average molecular weight is 411 g/mol. The molecule has 0 saturated carbocycles. The van der Waals surface area contributed by atoms with Gasteiger partial charge in [0.05, 0.1) is 21.7 Å². The number of carbonyl (C=O) groups excluding carboxylic acids is 1. The first-order chi connectivity index (χ1) is 14.0. The molecule has 0 fully saturated rings. The zero-order chi connectivity index (χ0) is 20.4. The summed E-state index contributed by atoms with van der Waals surface area (Å²) in [5, 5.41) is 15.4. The lowest BCUT2D eigenvalue weighted by molar-refractivity contribution is -0.384. The second-order valence-electron chi connectivity index (χ2n) is 6.14. The summed E-state index contributed by atoms with van der Waals surface area (Å²) in [6.45, 7) is 0.704. The molecule has 8 nitrogen and oxygen atoms in total. The Bertz CT molecular complexity index is 1170. The number of amides is 1. The van der Waals surface area contributed by atoms with Gasteiger partial charge in [-0.1, -0.05) is 11.3 Å². The molecule has 4 rings (SSSR count). The van der Waals surface area contributed by atoms with Crippen LogP contribution in [-0.4, -0.2) is 32.1 Å². The molecule has 0 bridgehead atoms. The topological polar surface area (TPSA) is 94.2 Å². The van der Waals surface area contributed by atoms with Crippen LogP contribution in [0.2, 0.25) is 0 Å². The zero-order valence-electron chi connectivity index (χ0n) is 14.9. The molecule has 4 aromatic rings. The van der Waals surface area contributed by atoms with E-state index in [-0.39, 0.29) is 24.0 Å². The molecule has 0 unspecified atom stereocenters. The third-order valence-corrected chi connectivity index (χ3v) is 5.29. The smallest absolute Gasteiger partial charge is 0.269 e. The molecular formula is C19H14FN5O3S. The second-order valence-corrected chi connectivity index (χ2v) is 7.15. The van der Waals surface area contributed by atoms with Gasteiger partial charge in [0.25, 0.3) is 11.6 Å². The van der Waals surface area contributed by atoms with Crippen molar-refractivity contribution < 1.29 is 14.1 Å². The summed E-state index contributed by atoms with van der Waals surface area (Å²) >= 11 is 1.20. The van der Waals surface area contributed by atoms with Gasteiger partial charge in [-0.15, -0.1) is 0 Å². The molecule has 0 radical (unpaired) electrons.